The van der Waals surface area contributed by atoms with Crippen molar-refractivity contribution in [2.24, 2.45) is 0 Å². The summed E-state index contributed by atoms with van der Waals surface area (Å²) in [6, 6.07) is 4.52. The fourth-order valence-corrected chi connectivity index (χ4v) is 2.36. The molecular formula is C16H19N3O5. The van der Waals surface area contributed by atoms with Gasteiger partial charge in [-0.05, 0) is 25.8 Å². The first-order valence-electron chi connectivity index (χ1n) is 7.57. The fraction of sp³-hybridized carbons (Fsp3) is 0.375. The molecule has 1 aromatic carbocycles. The molecule has 0 aliphatic carbocycles. The van der Waals surface area contributed by atoms with E-state index in [9.17, 15) is 19.7 Å². The lowest BCUT2D eigenvalue weighted by molar-refractivity contribution is -0.384. The number of benzene rings is 1. The second-order valence-electron chi connectivity index (χ2n) is 5.55. The van der Waals surface area contributed by atoms with Crippen LogP contribution < -0.4 is 10.6 Å². The van der Waals surface area contributed by atoms with Gasteiger partial charge in [0.2, 0.25) is 0 Å². The van der Waals surface area contributed by atoms with Crippen molar-refractivity contribution in [1.29, 1.82) is 0 Å². The van der Waals surface area contributed by atoms with E-state index in [0.29, 0.717) is 17.7 Å². The molecule has 0 saturated carbocycles. The molecule has 2 amide bonds. The van der Waals surface area contributed by atoms with Crippen molar-refractivity contribution in [2.75, 3.05) is 0 Å². The van der Waals surface area contributed by atoms with Crippen LogP contribution in [0.5, 0.6) is 0 Å². The number of ether oxygens (including phenoxy) is 1. The van der Waals surface area contributed by atoms with Gasteiger partial charge >= 0.3 is 12.0 Å². The number of hydrogen-bond acceptors (Lipinski definition) is 5. The largest absolute Gasteiger partial charge is 0.459 e. The van der Waals surface area contributed by atoms with Gasteiger partial charge in [0, 0.05) is 17.8 Å². The number of hydrogen-bond donors (Lipinski definition) is 2. The number of nitro groups is 1. The first-order valence-corrected chi connectivity index (χ1v) is 7.57. The smallest absolute Gasteiger partial charge is 0.338 e. The molecule has 24 heavy (non-hydrogen) atoms. The molecule has 2 N–H and O–H groups in total. The molecule has 1 aliphatic heterocycles. The Labute approximate surface area is 139 Å². The SMILES string of the molecule is CC[C@@H](C)OC(=O)C1=C(C)NC(=O)N[C@H]1c1cccc([N+](=O)[O-])c1. The second kappa shape index (κ2) is 7.12. The monoisotopic (exact) mass is 333 g/mol. The Morgan fingerprint density at radius 1 is 1.46 bits per heavy atom. The maximum atomic E-state index is 12.5. The minimum absolute atomic E-state index is 0.118. The molecule has 1 aromatic rings. The van der Waals surface area contributed by atoms with Gasteiger partial charge < -0.3 is 15.4 Å². The number of carbonyl (C=O) groups is 2. The second-order valence-corrected chi connectivity index (χ2v) is 5.55. The molecule has 8 nitrogen and oxygen atoms in total. The number of nitro benzene ring substituents is 1. The maximum Gasteiger partial charge on any atom is 0.338 e. The van der Waals surface area contributed by atoms with Crippen molar-refractivity contribution in [3.05, 3.63) is 51.2 Å². The van der Waals surface area contributed by atoms with Gasteiger partial charge in [-0.1, -0.05) is 19.1 Å². The number of nitrogens with zero attached hydrogens (tertiary/aromatic N) is 1. The number of nitrogens with one attached hydrogen (secondary N) is 2. The van der Waals surface area contributed by atoms with Crippen molar-refractivity contribution in [2.45, 2.75) is 39.3 Å². The minimum Gasteiger partial charge on any atom is -0.459 e. The lowest BCUT2D eigenvalue weighted by Crippen LogP contribution is -2.45. The first-order chi connectivity index (χ1) is 11.3. The quantitative estimate of drug-likeness (QED) is 0.489. The summed E-state index contributed by atoms with van der Waals surface area (Å²) in [5, 5.41) is 16.1. The molecular weight excluding hydrogens is 314 g/mol. The van der Waals surface area contributed by atoms with E-state index in [1.807, 2.05) is 6.92 Å². The highest BCUT2D eigenvalue weighted by Crippen LogP contribution is 2.29. The number of rotatable bonds is 5. The number of amides is 2. The van der Waals surface area contributed by atoms with Crippen LogP contribution in [0, 0.1) is 10.1 Å². The summed E-state index contributed by atoms with van der Waals surface area (Å²) in [5.41, 5.74) is 0.918. The van der Waals surface area contributed by atoms with Gasteiger partial charge in [-0.25, -0.2) is 9.59 Å². The van der Waals surface area contributed by atoms with E-state index >= 15 is 0 Å². The number of carbonyl (C=O) groups excluding carboxylic acids is 2. The summed E-state index contributed by atoms with van der Waals surface area (Å²) >= 11 is 0. The van der Waals surface area contributed by atoms with Gasteiger partial charge in [0.05, 0.1) is 22.6 Å². The zero-order chi connectivity index (χ0) is 17.9. The molecule has 0 unspecified atom stereocenters. The van der Waals surface area contributed by atoms with Gasteiger partial charge in [0.25, 0.3) is 5.69 Å². The van der Waals surface area contributed by atoms with Crippen molar-refractivity contribution >= 4 is 17.7 Å². The minimum atomic E-state index is -0.810. The third-order valence-electron chi connectivity index (χ3n) is 3.79. The molecule has 2 rings (SSSR count). The molecule has 2 atom stereocenters. The Morgan fingerprint density at radius 2 is 2.17 bits per heavy atom. The van der Waals surface area contributed by atoms with Crippen molar-refractivity contribution in [3.63, 3.8) is 0 Å². The normalized spacial score (nSPS) is 18.5. The predicted octanol–water partition coefficient (Wildman–Crippen LogP) is 2.56. The topological polar surface area (TPSA) is 111 Å². The Morgan fingerprint density at radius 3 is 2.79 bits per heavy atom. The van der Waals surface area contributed by atoms with E-state index in [0.717, 1.165) is 0 Å². The van der Waals surface area contributed by atoms with E-state index in [2.05, 4.69) is 10.6 Å². The molecule has 0 saturated heterocycles. The summed E-state index contributed by atoms with van der Waals surface area (Å²) in [6.45, 7) is 5.25. The van der Waals surface area contributed by atoms with E-state index in [1.54, 1.807) is 19.9 Å². The van der Waals surface area contributed by atoms with Crippen molar-refractivity contribution < 1.29 is 19.2 Å². The molecule has 1 aliphatic rings. The standard InChI is InChI=1S/C16H19N3O5/c1-4-9(2)24-15(20)13-10(3)17-16(21)18-14(13)11-6-5-7-12(8-11)19(22)23/h5-9,14H,4H2,1-3H3,(H2,17,18,21)/t9-,14+/m1/s1. The maximum absolute atomic E-state index is 12.5. The van der Waals surface area contributed by atoms with Crippen molar-refractivity contribution in [1.82, 2.24) is 10.6 Å². The van der Waals surface area contributed by atoms with E-state index in [-0.39, 0.29) is 17.4 Å². The highest BCUT2D eigenvalue weighted by atomic mass is 16.6. The number of urea groups is 1. The first kappa shape index (κ1) is 17.5. The molecule has 0 bridgehead atoms. The third-order valence-corrected chi connectivity index (χ3v) is 3.79. The molecule has 0 spiro atoms. The van der Waals surface area contributed by atoms with Crippen LogP contribution in [0.25, 0.3) is 0 Å². The van der Waals surface area contributed by atoms with Gasteiger partial charge in [-0.2, -0.15) is 0 Å². The van der Waals surface area contributed by atoms with Crippen LogP contribution in [-0.2, 0) is 9.53 Å². The van der Waals surface area contributed by atoms with Crippen LogP contribution >= 0.6 is 0 Å². The summed E-state index contributed by atoms with van der Waals surface area (Å²) in [4.78, 5) is 34.7. The predicted molar refractivity (Wildman–Crippen MR) is 86.0 cm³/mol. The third kappa shape index (κ3) is 3.70. The van der Waals surface area contributed by atoms with Crippen LogP contribution in [0.2, 0.25) is 0 Å². The highest BCUT2D eigenvalue weighted by Gasteiger charge is 2.33. The summed E-state index contributed by atoms with van der Waals surface area (Å²) in [6.07, 6.45) is 0.375. The molecule has 128 valence electrons. The van der Waals surface area contributed by atoms with Crippen LogP contribution in [-0.4, -0.2) is 23.0 Å². The Balaban J connectivity index is 2.43. The van der Waals surface area contributed by atoms with Gasteiger partial charge in [0.1, 0.15) is 0 Å². The summed E-state index contributed by atoms with van der Waals surface area (Å²) in [5.74, 6) is -0.564. The molecule has 1 heterocycles. The van der Waals surface area contributed by atoms with Crippen LogP contribution in [0.4, 0.5) is 10.5 Å². The van der Waals surface area contributed by atoms with E-state index in [1.165, 1.54) is 18.2 Å². The lowest BCUT2D eigenvalue weighted by atomic mass is 9.95. The van der Waals surface area contributed by atoms with E-state index < -0.39 is 23.0 Å². The van der Waals surface area contributed by atoms with Crippen LogP contribution in [0.1, 0.15) is 38.8 Å². The Hall–Kier alpha value is -2.90. The van der Waals surface area contributed by atoms with E-state index in [4.69, 9.17) is 4.74 Å². The number of non-ortho nitro benzene ring substituents is 1. The Kier molecular flexibility index (Phi) is 5.18. The van der Waals surface area contributed by atoms with Gasteiger partial charge in [0.15, 0.2) is 0 Å². The highest BCUT2D eigenvalue weighted by molar-refractivity contribution is 5.95. The molecule has 0 fully saturated rings. The summed E-state index contributed by atoms with van der Waals surface area (Å²) in [7, 11) is 0. The Bertz CT molecular complexity index is 713. The molecule has 0 radical (unpaired) electrons. The molecule has 0 aromatic heterocycles. The zero-order valence-corrected chi connectivity index (χ0v) is 13.7. The fourth-order valence-electron chi connectivity index (χ4n) is 2.36. The average Bonchev–Trinajstić information content (AvgIpc) is 2.53. The van der Waals surface area contributed by atoms with Crippen molar-refractivity contribution in [3.8, 4) is 0 Å². The zero-order valence-electron chi connectivity index (χ0n) is 13.7. The summed E-state index contributed by atoms with van der Waals surface area (Å²) < 4.78 is 5.35. The van der Waals surface area contributed by atoms with Gasteiger partial charge in [-0.3, -0.25) is 10.1 Å². The van der Waals surface area contributed by atoms with Gasteiger partial charge in [-0.15, -0.1) is 0 Å². The number of esters is 1. The lowest BCUT2D eigenvalue weighted by Gasteiger charge is -2.28. The molecule has 8 heteroatoms. The van der Waals surface area contributed by atoms with Crippen LogP contribution in [0.15, 0.2) is 35.5 Å². The van der Waals surface area contributed by atoms with Crippen LogP contribution in [0.3, 0.4) is 0 Å². The number of allylic oxidation sites excluding steroid dienone is 1. The average molecular weight is 333 g/mol.